The summed E-state index contributed by atoms with van der Waals surface area (Å²) >= 11 is 0. The van der Waals surface area contributed by atoms with Gasteiger partial charge in [-0.25, -0.2) is 9.78 Å². The van der Waals surface area contributed by atoms with Crippen LogP contribution in [0.25, 0.3) is 0 Å². The lowest BCUT2D eigenvalue weighted by molar-refractivity contribution is -0.529. The molecule has 4 aliphatic carbocycles. The number of rotatable bonds is 16. The Morgan fingerprint density at radius 2 is 1.12 bits per heavy atom. The van der Waals surface area contributed by atoms with Gasteiger partial charge in [0.1, 0.15) is 6.10 Å². The lowest BCUT2D eigenvalue weighted by Gasteiger charge is -2.34. The summed E-state index contributed by atoms with van der Waals surface area (Å²) in [6, 6.07) is -1.69. The fourth-order valence-electron chi connectivity index (χ4n) is 7.65. The Morgan fingerprint density at radius 3 is 1.63 bits per heavy atom. The van der Waals surface area contributed by atoms with Crippen molar-refractivity contribution in [1.82, 2.24) is 0 Å². The Balaban J connectivity index is 1.09. The Hall–Kier alpha value is -2.95. The van der Waals surface area contributed by atoms with E-state index in [4.69, 9.17) is 24.0 Å². The maximum Gasteiger partial charge on any atom is 0.310 e. The molecule has 0 aromatic rings. The van der Waals surface area contributed by atoms with Crippen LogP contribution >= 0.6 is 0 Å². The molecule has 0 amide bonds. The van der Waals surface area contributed by atoms with Crippen molar-refractivity contribution < 1.29 is 58.4 Å². The van der Waals surface area contributed by atoms with Gasteiger partial charge in [0, 0.05) is 46.9 Å². The molecule has 4 aliphatic rings. The Kier molecular flexibility index (Phi) is 14.1. The van der Waals surface area contributed by atoms with Gasteiger partial charge in [-0.2, -0.15) is 0 Å². The second-order valence-corrected chi connectivity index (χ2v) is 15.2. The van der Waals surface area contributed by atoms with Crippen LogP contribution in [0.1, 0.15) is 104 Å². The smallest absolute Gasteiger partial charge is 0.310 e. The molecule has 4 fully saturated rings. The van der Waals surface area contributed by atoms with E-state index >= 15 is 0 Å². The molecule has 0 radical (unpaired) electrons. The second kappa shape index (κ2) is 17.8. The van der Waals surface area contributed by atoms with Crippen LogP contribution in [0.4, 0.5) is 0 Å². The molecule has 0 aromatic carbocycles. The summed E-state index contributed by atoms with van der Waals surface area (Å²) in [5.74, 6) is -5.86. The van der Waals surface area contributed by atoms with Crippen LogP contribution in [-0.4, -0.2) is 94.3 Å². The van der Waals surface area contributed by atoms with Gasteiger partial charge in [0.05, 0.1) is 55.9 Å². The SMILES string of the molecule is CC(C)(COC1CCC(OOCC2CC([N+](=O)[O-])CCC2C(=O)O)CC1)COC1CCC(OC(=O)C2CC([N+](=O)[O-])CCC2C(=O)O)CC1. The number of hydrogen-bond acceptors (Lipinski definition) is 12. The number of nitro groups is 2. The molecule has 0 aromatic heterocycles. The number of carboxylic acids is 2. The van der Waals surface area contributed by atoms with Gasteiger partial charge >= 0.3 is 17.9 Å². The molecule has 0 bridgehead atoms. The van der Waals surface area contributed by atoms with Crippen LogP contribution in [-0.2, 0) is 38.4 Å². The number of carbonyl (C=O) groups is 3. The Morgan fingerprint density at radius 1 is 0.653 bits per heavy atom. The van der Waals surface area contributed by atoms with Crippen molar-refractivity contribution in [2.24, 2.45) is 29.1 Å². The summed E-state index contributed by atoms with van der Waals surface area (Å²) in [6.45, 7) is 5.14. The van der Waals surface area contributed by atoms with Crippen molar-refractivity contribution in [1.29, 1.82) is 0 Å². The highest BCUT2D eigenvalue weighted by Crippen LogP contribution is 2.36. The van der Waals surface area contributed by atoms with Crippen LogP contribution in [0.15, 0.2) is 0 Å². The van der Waals surface area contributed by atoms with E-state index in [1.807, 2.05) is 0 Å². The second-order valence-electron chi connectivity index (χ2n) is 15.2. The molecule has 6 atom stereocenters. The zero-order valence-electron chi connectivity index (χ0n) is 28.5. The van der Waals surface area contributed by atoms with Crippen LogP contribution in [0.3, 0.4) is 0 Å². The van der Waals surface area contributed by atoms with E-state index in [9.17, 15) is 44.8 Å². The molecule has 16 heteroatoms. The largest absolute Gasteiger partial charge is 0.481 e. The average molecular weight is 701 g/mol. The Labute approximate surface area is 285 Å². The first kappa shape index (κ1) is 38.8. The highest BCUT2D eigenvalue weighted by Gasteiger charge is 2.45. The van der Waals surface area contributed by atoms with Crippen molar-refractivity contribution in [3.8, 4) is 0 Å². The molecule has 4 saturated carbocycles. The van der Waals surface area contributed by atoms with Crippen molar-refractivity contribution in [3.63, 3.8) is 0 Å². The minimum atomic E-state index is -1.12. The van der Waals surface area contributed by atoms with Crippen molar-refractivity contribution in [2.75, 3.05) is 19.8 Å². The molecule has 0 spiro atoms. The first-order valence-electron chi connectivity index (χ1n) is 17.7. The quantitative estimate of drug-likeness (QED) is 0.0982. The maximum atomic E-state index is 12.9. The summed E-state index contributed by atoms with van der Waals surface area (Å²) in [5.41, 5.74) is -0.248. The van der Waals surface area contributed by atoms with Gasteiger partial charge in [0.25, 0.3) is 0 Å². The third-order valence-corrected chi connectivity index (χ3v) is 10.7. The van der Waals surface area contributed by atoms with E-state index in [2.05, 4.69) is 13.8 Å². The number of nitrogens with zero attached hydrogens (tertiary/aromatic N) is 2. The van der Waals surface area contributed by atoms with Gasteiger partial charge in [-0.1, -0.05) is 13.8 Å². The van der Waals surface area contributed by atoms with E-state index in [1.54, 1.807) is 0 Å². The molecular formula is C33H52N2O14. The molecule has 4 rings (SSSR count). The molecule has 0 heterocycles. The molecule has 6 unspecified atom stereocenters. The predicted octanol–water partition coefficient (Wildman–Crippen LogP) is 4.45. The summed E-state index contributed by atoms with van der Waals surface area (Å²) in [4.78, 5) is 68.8. The van der Waals surface area contributed by atoms with E-state index in [1.165, 1.54) is 0 Å². The standard InChI is InChI=1S/C33H52N2O14/c1-33(2,18-45-23-5-9-25(10-6-23)48-32(40)29-16-22(35(43)44)4-14-28(29)31(38)39)19-46-24-7-11-26(12-8-24)49-47-17-20-15-21(34(41)42)3-13-27(20)30(36)37/h20-29H,3-19H2,1-2H3,(H,36,37)(H,38,39). The van der Waals surface area contributed by atoms with E-state index < -0.39 is 58.6 Å². The number of aliphatic carboxylic acids is 2. The van der Waals surface area contributed by atoms with Gasteiger partial charge in [-0.3, -0.25) is 34.6 Å². The fraction of sp³-hybridized carbons (Fsp3) is 0.909. The number of ether oxygens (including phenoxy) is 3. The third kappa shape index (κ3) is 11.5. The average Bonchev–Trinajstić information content (AvgIpc) is 3.07. The lowest BCUT2D eigenvalue weighted by atomic mass is 9.77. The van der Waals surface area contributed by atoms with Crippen LogP contribution in [0.5, 0.6) is 0 Å². The number of carbonyl (C=O) groups excluding carboxylic acids is 1. The Bertz CT molecular complexity index is 1150. The van der Waals surface area contributed by atoms with Gasteiger partial charge in [-0.05, 0) is 64.2 Å². The normalized spacial score (nSPS) is 34.1. The van der Waals surface area contributed by atoms with Crippen LogP contribution in [0.2, 0.25) is 0 Å². The van der Waals surface area contributed by atoms with Crippen LogP contribution in [0, 0.1) is 49.3 Å². The lowest BCUT2D eigenvalue weighted by Crippen LogP contribution is -2.42. The van der Waals surface area contributed by atoms with Gasteiger partial charge in [0.2, 0.25) is 12.1 Å². The van der Waals surface area contributed by atoms with Crippen molar-refractivity contribution in [2.45, 2.75) is 140 Å². The zero-order chi connectivity index (χ0) is 35.7. The molecule has 49 heavy (non-hydrogen) atoms. The minimum Gasteiger partial charge on any atom is -0.481 e. The monoisotopic (exact) mass is 700 g/mol. The molecule has 16 nitrogen and oxygen atoms in total. The van der Waals surface area contributed by atoms with Crippen LogP contribution < -0.4 is 0 Å². The number of carboxylic acid groups (broad SMARTS) is 2. The summed E-state index contributed by atoms with van der Waals surface area (Å²) < 4.78 is 18.1. The highest BCUT2D eigenvalue weighted by molar-refractivity contribution is 5.81. The summed E-state index contributed by atoms with van der Waals surface area (Å²) in [6.07, 6.45) is 5.82. The zero-order valence-corrected chi connectivity index (χ0v) is 28.5. The molecule has 278 valence electrons. The van der Waals surface area contributed by atoms with Gasteiger partial charge < -0.3 is 24.4 Å². The summed E-state index contributed by atoms with van der Waals surface area (Å²) in [5, 5.41) is 41.5. The molecular weight excluding hydrogens is 648 g/mol. The van der Waals surface area contributed by atoms with E-state index in [-0.39, 0.29) is 79.9 Å². The minimum absolute atomic E-state index is 0.00745. The maximum absolute atomic E-state index is 12.9. The topological polar surface area (TPSA) is 224 Å². The third-order valence-electron chi connectivity index (χ3n) is 10.7. The summed E-state index contributed by atoms with van der Waals surface area (Å²) in [7, 11) is 0. The van der Waals surface area contributed by atoms with Gasteiger partial charge in [-0.15, -0.1) is 0 Å². The van der Waals surface area contributed by atoms with Gasteiger partial charge in [0.15, 0.2) is 0 Å². The highest BCUT2D eigenvalue weighted by atomic mass is 17.2. The fourth-order valence-corrected chi connectivity index (χ4v) is 7.65. The first-order chi connectivity index (χ1) is 23.2. The van der Waals surface area contributed by atoms with Crippen molar-refractivity contribution in [3.05, 3.63) is 20.2 Å². The molecule has 0 saturated heterocycles. The van der Waals surface area contributed by atoms with E-state index in [0.29, 0.717) is 51.7 Å². The number of esters is 1. The number of hydrogen-bond donors (Lipinski definition) is 2. The molecule has 2 N–H and O–H groups in total. The predicted molar refractivity (Wildman–Crippen MR) is 169 cm³/mol. The van der Waals surface area contributed by atoms with Crippen molar-refractivity contribution >= 4 is 17.9 Å². The molecule has 0 aliphatic heterocycles. The first-order valence-corrected chi connectivity index (χ1v) is 17.7. The van der Waals surface area contributed by atoms with E-state index in [0.717, 1.165) is 12.8 Å².